The van der Waals surface area contributed by atoms with Crippen LogP contribution in [0.4, 0.5) is 11.8 Å². The molecule has 1 heterocycles. The van der Waals surface area contributed by atoms with Crippen molar-refractivity contribution in [3.63, 3.8) is 0 Å². The first-order chi connectivity index (χ1) is 8.67. The van der Waals surface area contributed by atoms with Crippen molar-refractivity contribution in [1.29, 1.82) is 0 Å². The summed E-state index contributed by atoms with van der Waals surface area (Å²) >= 11 is 0. The molecule has 0 aliphatic heterocycles. The fourth-order valence-corrected chi connectivity index (χ4v) is 1.96. The van der Waals surface area contributed by atoms with Gasteiger partial charge in [-0.15, -0.1) is 0 Å². The molecule has 0 saturated heterocycles. The van der Waals surface area contributed by atoms with Gasteiger partial charge in [-0.25, -0.2) is 4.98 Å². The molecule has 0 fully saturated rings. The fraction of sp³-hybridized carbons (Fsp3) is 0.714. The molecule has 0 bridgehead atoms. The van der Waals surface area contributed by atoms with E-state index >= 15 is 0 Å². The van der Waals surface area contributed by atoms with E-state index in [4.69, 9.17) is 0 Å². The van der Waals surface area contributed by atoms with Crippen LogP contribution in [0, 0.1) is 6.92 Å². The molecular formula is C14H26N4. The van der Waals surface area contributed by atoms with Gasteiger partial charge in [-0.1, -0.05) is 13.8 Å². The second kappa shape index (κ2) is 7.19. The minimum absolute atomic E-state index is 0.848. The van der Waals surface area contributed by atoms with Crippen LogP contribution in [0.5, 0.6) is 0 Å². The fourth-order valence-electron chi connectivity index (χ4n) is 1.96. The van der Waals surface area contributed by atoms with E-state index in [0.29, 0.717) is 0 Å². The lowest BCUT2D eigenvalue weighted by Crippen LogP contribution is -2.25. The predicted octanol–water partition coefficient (Wildman–Crippen LogP) is 3.02. The minimum Gasteiger partial charge on any atom is -0.370 e. The van der Waals surface area contributed by atoms with Crippen LogP contribution in [0.3, 0.4) is 0 Å². The number of anilines is 2. The van der Waals surface area contributed by atoms with E-state index in [1.54, 1.807) is 0 Å². The Morgan fingerprint density at radius 1 is 1.06 bits per heavy atom. The summed E-state index contributed by atoms with van der Waals surface area (Å²) in [5, 5.41) is 3.40. The summed E-state index contributed by atoms with van der Waals surface area (Å²) in [7, 11) is 0. The van der Waals surface area contributed by atoms with Crippen molar-refractivity contribution in [3.05, 3.63) is 11.3 Å². The van der Waals surface area contributed by atoms with Crippen LogP contribution < -0.4 is 10.2 Å². The van der Waals surface area contributed by atoms with Gasteiger partial charge in [-0.2, -0.15) is 4.98 Å². The van der Waals surface area contributed by atoms with E-state index in [2.05, 4.69) is 54.8 Å². The van der Waals surface area contributed by atoms with Gasteiger partial charge in [-0.05, 0) is 33.6 Å². The van der Waals surface area contributed by atoms with Gasteiger partial charge in [0, 0.05) is 25.2 Å². The molecule has 0 amide bonds. The van der Waals surface area contributed by atoms with Crippen LogP contribution >= 0.6 is 0 Å². The Kier molecular flexibility index (Phi) is 5.89. The molecule has 0 aliphatic rings. The Morgan fingerprint density at radius 2 is 1.72 bits per heavy atom. The third kappa shape index (κ3) is 3.34. The van der Waals surface area contributed by atoms with Crippen molar-refractivity contribution >= 4 is 11.8 Å². The van der Waals surface area contributed by atoms with Crippen molar-refractivity contribution in [2.45, 2.75) is 47.5 Å². The van der Waals surface area contributed by atoms with Crippen LogP contribution in [0.1, 0.15) is 45.4 Å². The standard InChI is InChI=1S/C14H26N4/c1-6-10-15-13-11(5)12(7-2)16-14(17-13)18(8-3)9-4/h6-10H2,1-5H3,(H,15,16,17). The molecule has 18 heavy (non-hydrogen) atoms. The molecular weight excluding hydrogens is 224 g/mol. The molecule has 1 rings (SSSR count). The third-order valence-electron chi connectivity index (χ3n) is 3.16. The zero-order valence-corrected chi connectivity index (χ0v) is 12.4. The molecule has 0 radical (unpaired) electrons. The highest BCUT2D eigenvalue weighted by molar-refractivity contribution is 5.50. The molecule has 0 unspecified atom stereocenters. The molecule has 0 atom stereocenters. The summed E-state index contributed by atoms with van der Waals surface area (Å²) in [5.74, 6) is 1.84. The van der Waals surface area contributed by atoms with Gasteiger partial charge >= 0.3 is 0 Å². The van der Waals surface area contributed by atoms with E-state index in [0.717, 1.165) is 49.9 Å². The maximum atomic E-state index is 4.68. The zero-order valence-electron chi connectivity index (χ0n) is 12.4. The topological polar surface area (TPSA) is 41.1 Å². The lowest BCUT2D eigenvalue weighted by atomic mass is 10.2. The Balaban J connectivity index is 3.12. The molecule has 1 aromatic rings. The SMILES string of the molecule is CCCNc1nc(N(CC)CC)nc(CC)c1C. The zero-order chi connectivity index (χ0) is 13.5. The van der Waals surface area contributed by atoms with E-state index in [1.807, 2.05) is 0 Å². The summed E-state index contributed by atoms with van der Waals surface area (Å²) in [6.45, 7) is 13.5. The normalized spacial score (nSPS) is 10.5. The summed E-state index contributed by atoms with van der Waals surface area (Å²) in [6.07, 6.45) is 2.05. The van der Waals surface area contributed by atoms with Crippen LogP contribution in [-0.2, 0) is 6.42 Å². The highest BCUT2D eigenvalue weighted by Gasteiger charge is 2.12. The van der Waals surface area contributed by atoms with E-state index in [1.165, 1.54) is 5.56 Å². The van der Waals surface area contributed by atoms with Crippen molar-refractivity contribution in [2.24, 2.45) is 0 Å². The second-order valence-electron chi connectivity index (χ2n) is 4.40. The molecule has 0 aliphatic carbocycles. The summed E-state index contributed by atoms with van der Waals surface area (Å²) in [4.78, 5) is 11.5. The molecule has 1 N–H and O–H groups in total. The smallest absolute Gasteiger partial charge is 0.227 e. The van der Waals surface area contributed by atoms with E-state index < -0.39 is 0 Å². The van der Waals surface area contributed by atoms with Crippen molar-refractivity contribution in [3.8, 4) is 0 Å². The second-order valence-corrected chi connectivity index (χ2v) is 4.40. The summed E-state index contributed by atoms with van der Waals surface area (Å²) < 4.78 is 0. The first-order valence-corrected chi connectivity index (χ1v) is 7.04. The number of nitrogens with one attached hydrogen (secondary N) is 1. The van der Waals surface area contributed by atoms with Gasteiger partial charge in [0.2, 0.25) is 5.95 Å². The van der Waals surface area contributed by atoms with E-state index in [-0.39, 0.29) is 0 Å². The largest absolute Gasteiger partial charge is 0.370 e. The van der Waals surface area contributed by atoms with E-state index in [9.17, 15) is 0 Å². The number of aromatic nitrogens is 2. The highest BCUT2D eigenvalue weighted by atomic mass is 15.3. The van der Waals surface area contributed by atoms with Gasteiger partial charge in [0.05, 0.1) is 5.69 Å². The lowest BCUT2D eigenvalue weighted by molar-refractivity contribution is 0.805. The third-order valence-corrected chi connectivity index (χ3v) is 3.16. The van der Waals surface area contributed by atoms with Crippen molar-refractivity contribution < 1.29 is 0 Å². The quantitative estimate of drug-likeness (QED) is 0.807. The summed E-state index contributed by atoms with van der Waals surface area (Å²) in [6, 6.07) is 0. The molecule has 0 saturated carbocycles. The number of nitrogens with zero attached hydrogens (tertiary/aromatic N) is 3. The lowest BCUT2D eigenvalue weighted by Gasteiger charge is -2.21. The number of rotatable bonds is 7. The van der Waals surface area contributed by atoms with Crippen molar-refractivity contribution in [2.75, 3.05) is 29.9 Å². The maximum absolute atomic E-state index is 4.68. The highest BCUT2D eigenvalue weighted by Crippen LogP contribution is 2.20. The molecule has 4 nitrogen and oxygen atoms in total. The van der Waals surface area contributed by atoms with Gasteiger partial charge < -0.3 is 10.2 Å². The van der Waals surface area contributed by atoms with Crippen LogP contribution in [0.25, 0.3) is 0 Å². The van der Waals surface area contributed by atoms with Crippen LogP contribution in [-0.4, -0.2) is 29.6 Å². The van der Waals surface area contributed by atoms with Gasteiger partial charge in [0.1, 0.15) is 5.82 Å². The van der Waals surface area contributed by atoms with Gasteiger partial charge in [0.15, 0.2) is 0 Å². The Morgan fingerprint density at radius 3 is 2.22 bits per heavy atom. The van der Waals surface area contributed by atoms with Crippen LogP contribution in [0.2, 0.25) is 0 Å². The predicted molar refractivity (Wildman–Crippen MR) is 78.5 cm³/mol. The molecule has 0 spiro atoms. The average molecular weight is 250 g/mol. The monoisotopic (exact) mass is 250 g/mol. The minimum atomic E-state index is 0.848. The Hall–Kier alpha value is -1.32. The number of hydrogen-bond donors (Lipinski definition) is 1. The first kappa shape index (κ1) is 14.7. The maximum Gasteiger partial charge on any atom is 0.227 e. The first-order valence-electron chi connectivity index (χ1n) is 7.04. The van der Waals surface area contributed by atoms with Crippen LogP contribution in [0.15, 0.2) is 0 Å². The average Bonchev–Trinajstić information content (AvgIpc) is 2.40. The number of aryl methyl sites for hydroxylation is 1. The molecule has 102 valence electrons. The molecule has 1 aromatic heterocycles. The van der Waals surface area contributed by atoms with Gasteiger partial charge in [0.25, 0.3) is 0 Å². The Bertz CT molecular complexity index is 372. The van der Waals surface area contributed by atoms with Gasteiger partial charge in [-0.3, -0.25) is 0 Å². The number of hydrogen-bond acceptors (Lipinski definition) is 4. The van der Waals surface area contributed by atoms with Crippen molar-refractivity contribution in [1.82, 2.24) is 9.97 Å². The molecule has 4 heteroatoms. The Labute approximate surface area is 111 Å². The summed E-state index contributed by atoms with van der Waals surface area (Å²) in [5.41, 5.74) is 2.33. The molecule has 0 aromatic carbocycles.